The number of hydrogen-bond acceptors (Lipinski definition) is 4. The number of likely N-dealkylation sites (tertiary alicyclic amines) is 1. The van der Waals surface area contributed by atoms with Crippen LogP contribution >= 0.6 is 11.3 Å². The maximum atomic E-state index is 12.3. The molecule has 1 saturated heterocycles. The molecule has 4 nitrogen and oxygen atoms in total. The fourth-order valence-corrected chi connectivity index (χ4v) is 3.98. The zero-order chi connectivity index (χ0) is 15.0. The average molecular weight is 307 g/mol. The second-order valence-electron chi connectivity index (χ2n) is 6.71. The van der Waals surface area contributed by atoms with Gasteiger partial charge in [0.15, 0.2) is 0 Å². The molecule has 2 heterocycles. The van der Waals surface area contributed by atoms with Crippen LogP contribution in [0.1, 0.15) is 59.4 Å². The van der Waals surface area contributed by atoms with Crippen molar-refractivity contribution in [3.8, 4) is 0 Å². The van der Waals surface area contributed by atoms with Gasteiger partial charge in [0, 0.05) is 25.0 Å². The molecule has 1 atom stereocenters. The summed E-state index contributed by atoms with van der Waals surface area (Å²) in [5, 5.41) is 4.17. The van der Waals surface area contributed by atoms with E-state index in [-0.39, 0.29) is 5.91 Å². The lowest BCUT2D eigenvalue weighted by molar-refractivity contribution is 0.0950. The monoisotopic (exact) mass is 307 g/mol. The van der Waals surface area contributed by atoms with Gasteiger partial charge in [-0.15, -0.1) is 11.3 Å². The van der Waals surface area contributed by atoms with Gasteiger partial charge in [-0.05, 0) is 38.6 Å². The third-order valence-corrected chi connectivity index (χ3v) is 5.90. The van der Waals surface area contributed by atoms with E-state index in [1.807, 2.05) is 6.92 Å². The molecule has 1 amide bonds. The Kier molecular flexibility index (Phi) is 4.31. The lowest BCUT2D eigenvalue weighted by atomic mass is 10.1. The molecule has 1 aromatic heterocycles. The van der Waals surface area contributed by atoms with Crippen LogP contribution in [0.15, 0.2) is 0 Å². The lowest BCUT2D eigenvalue weighted by Crippen LogP contribution is -2.31. The van der Waals surface area contributed by atoms with E-state index in [2.05, 4.69) is 29.0 Å². The van der Waals surface area contributed by atoms with E-state index >= 15 is 0 Å². The highest BCUT2D eigenvalue weighted by Gasteiger charge is 2.34. The van der Waals surface area contributed by atoms with Gasteiger partial charge in [-0.3, -0.25) is 4.79 Å². The van der Waals surface area contributed by atoms with Gasteiger partial charge in [-0.2, -0.15) is 0 Å². The first-order valence-corrected chi connectivity index (χ1v) is 8.85. The summed E-state index contributed by atoms with van der Waals surface area (Å²) in [5.41, 5.74) is 0.868. The van der Waals surface area contributed by atoms with Gasteiger partial charge >= 0.3 is 0 Å². The summed E-state index contributed by atoms with van der Waals surface area (Å²) in [4.78, 5) is 20.2. The average Bonchev–Trinajstić information content (AvgIpc) is 3.05. The molecule has 116 valence electrons. The van der Waals surface area contributed by atoms with E-state index in [1.54, 1.807) is 11.3 Å². The van der Waals surface area contributed by atoms with Crippen LogP contribution in [-0.2, 0) is 0 Å². The second-order valence-corrected chi connectivity index (χ2v) is 7.74. The summed E-state index contributed by atoms with van der Waals surface area (Å²) in [6.45, 7) is 9.33. The zero-order valence-corrected chi connectivity index (χ0v) is 14.0. The van der Waals surface area contributed by atoms with Crippen LogP contribution in [0.2, 0.25) is 0 Å². The van der Waals surface area contributed by atoms with Gasteiger partial charge in [-0.1, -0.05) is 13.8 Å². The Hall–Kier alpha value is -0.940. The number of nitrogens with zero attached hydrogens (tertiary/aromatic N) is 2. The second kappa shape index (κ2) is 6.05. The van der Waals surface area contributed by atoms with Gasteiger partial charge in [0.2, 0.25) is 0 Å². The van der Waals surface area contributed by atoms with Crippen LogP contribution in [-0.4, -0.2) is 41.5 Å². The first kappa shape index (κ1) is 15.0. The van der Waals surface area contributed by atoms with E-state index in [0.29, 0.717) is 11.8 Å². The molecule has 1 aromatic rings. The van der Waals surface area contributed by atoms with Gasteiger partial charge in [0.05, 0.1) is 10.7 Å². The molecular formula is C16H25N3OS. The van der Waals surface area contributed by atoms with Crippen molar-refractivity contribution in [2.45, 2.75) is 52.0 Å². The van der Waals surface area contributed by atoms with Crippen LogP contribution in [0, 0.1) is 12.8 Å². The van der Waals surface area contributed by atoms with Crippen molar-refractivity contribution < 1.29 is 4.79 Å². The molecule has 1 saturated carbocycles. The molecule has 0 bridgehead atoms. The van der Waals surface area contributed by atoms with Crippen molar-refractivity contribution >= 4 is 17.2 Å². The maximum Gasteiger partial charge on any atom is 0.263 e. The number of hydrogen-bond donors (Lipinski definition) is 1. The van der Waals surface area contributed by atoms with Crippen LogP contribution in [0.3, 0.4) is 0 Å². The zero-order valence-electron chi connectivity index (χ0n) is 13.2. The minimum Gasteiger partial charge on any atom is -0.351 e. The topological polar surface area (TPSA) is 45.2 Å². The van der Waals surface area contributed by atoms with Crippen molar-refractivity contribution in [3.63, 3.8) is 0 Å². The number of carbonyl (C=O) groups is 1. The van der Waals surface area contributed by atoms with Crippen LogP contribution < -0.4 is 5.32 Å². The Bertz CT molecular complexity index is 522. The smallest absolute Gasteiger partial charge is 0.263 e. The van der Waals surface area contributed by atoms with Crippen LogP contribution in [0.4, 0.5) is 0 Å². The number of thiazole rings is 1. The van der Waals surface area contributed by atoms with Crippen molar-refractivity contribution in [1.29, 1.82) is 0 Å². The van der Waals surface area contributed by atoms with Gasteiger partial charge in [0.1, 0.15) is 4.88 Å². The van der Waals surface area contributed by atoms with Crippen LogP contribution in [0.5, 0.6) is 0 Å². The molecule has 1 unspecified atom stereocenters. The van der Waals surface area contributed by atoms with Crippen LogP contribution in [0.25, 0.3) is 0 Å². The number of carbonyl (C=O) groups excluding carboxylic acids is 1. The Labute approximate surface area is 130 Å². The van der Waals surface area contributed by atoms with Crippen molar-refractivity contribution in [1.82, 2.24) is 15.2 Å². The van der Waals surface area contributed by atoms with E-state index in [1.165, 1.54) is 25.8 Å². The summed E-state index contributed by atoms with van der Waals surface area (Å²) < 4.78 is 0. The highest BCUT2D eigenvalue weighted by Crippen LogP contribution is 2.31. The molecule has 2 aliphatic rings. The number of aromatic nitrogens is 1. The molecule has 1 N–H and O–H groups in total. The summed E-state index contributed by atoms with van der Waals surface area (Å²) in [6, 6.07) is 0.850. The quantitative estimate of drug-likeness (QED) is 0.910. The van der Waals surface area contributed by atoms with E-state index in [9.17, 15) is 4.79 Å². The molecule has 0 radical (unpaired) electrons. The third kappa shape index (κ3) is 3.46. The fraction of sp³-hybridized carbons (Fsp3) is 0.750. The Morgan fingerprint density at radius 2 is 2.19 bits per heavy atom. The van der Waals surface area contributed by atoms with Crippen molar-refractivity contribution in [3.05, 3.63) is 15.6 Å². The van der Waals surface area contributed by atoms with E-state index in [4.69, 9.17) is 0 Å². The minimum absolute atomic E-state index is 0.0572. The normalized spacial score (nSPS) is 23.0. The fourth-order valence-electron chi connectivity index (χ4n) is 2.99. The molecule has 3 rings (SSSR count). The summed E-state index contributed by atoms with van der Waals surface area (Å²) in [5.74, 6) is 1.06. The lowest BCUT2D eigenvalue weighted by Gasteiger charge is -2.15. The molecule has 5 heteroatoms. The number of nitrogens with one attached hydrogen (secondary N) is 1. The highest BCUT2D eigenvalue weighted by atomic mass is 32.1. The first-order valence-electron chi connectivity index (χ1n) is 8.04. The first-order chi connectivity index (χ1) is 10.0. The Morgan fingerprint density at radius 3 is 2.81 bits per heavy atom. The Balaban J connectivity index is 1.52. The minimum atomic E-state index is 0.0572. The largest absolute Gasteiger partial charge is 0.351 e. The molecule has 0 aromatic carbocycles. The van der Waals surface area contributed by atoms with E-state index < -0.39 is 0 Å². The summed E-state index contributed by atoms with van der Waals surface area (Å²) in [6.07, 6.45) is 3.96. The van der Waals surface area contributed by atoms with Crippen molar-refractivity contribution in [2.24, 2.45) is 5.92 Å². The highest BCUT2D eigenvalue weighted by molar-refractivity contribution is 7.13. The number of amides is 1. The predicted octanol–water partition coefficient (Wildman–Crippen LogP) is 2.79. The molecule has 1 aliphatic heterocycles. The standard InChI is InChI=1S/C16H25N3OS/c1-10(2)16-18-11(3)14(21-16)15(20)17-8-12-6-7-19(9-12)13-4-5-13/h10,12-13H,4-9H2,1-3H3,(H,17,20). The summed E-state index contributed by atoms with van der Waals surface area (Å²) in [7, 11) is 0. The number of rotatable bonds is 5. The van der Waals surface area contributed by atoms with Gasteiger partial charge in [-0.25, -0.2) is 4.98 Å². The van der Waals surface area contributed by atoms with Gasteiger partial charge in [0.25, 0.3) is 5.91 Å². The maximum absolute atomic E-state index is 12.3. The SMILES string of the molecule is Cc1nc(C(C)C)sc1C(=O)NCC1CCN(C2CC2)C1. The Morgan fingerprint density at radius 1 is 1.43 bits per heavy atom. The molecule has 21 heavy (non-hydrogen) atoms. The van der Waals surface area contributed by atoms with E-state index in [0.717, 1.165) is 34.7 Å². The van der Waals surface area contributed by atoms with Crippen molar-refractivity contribution in [2.75, 3.05) is 19.6 Å². The number of aryl methyl sites for hydroxylation is 1. The summed E-state index contributed by atoms with van der Waals surface area (Å²) >= 11 is 1.54. The molecule has 0 spiro atoms. The van der Waals surface area contributed by atoms with Gasteiger partial charge < -0.3 is 10.2 Å². The molecule has 1 aliphatic carbocycles. The predicted molar refractivity (Wildman–Crippen MR) is 86.0 cm³/mol. The molecule has 2 fully saturated rings. The third-order valence-electron chi connectivity index (χ3n) is 4.45. The molecular weight excluding hydrogens is 282 g/mol.